The zero-order valence-electron chi connectivity index (χ0n) is 26.7. The van der Waals surface area contributed by atoms with E-state index < -0.39 is 41.6 Å². The van der Waals surface area contributed by atoms with E-state index in [1.807, 2.05) is 36.4 Å². The Labute approximate surface area is 283 Å². The second-order valence-corrected chi connectivity index (χ2v) is 13.7. The number of ether oxygens (including phenoxy) is 2. The van der Waals surface area contributed by atoms with Crippen molar-refractivity contribution in [2.45, 2.75) is 107 Å². The van der Waals surface area contributed by atoms with Gasteiger partial charge in [-0.3, -0.25) is 9.59 Å². The summed E-state index contributed by atoms with van der Waals surface area (Å²) in [5, 5.41) is 15.2. The van der Waals surface area contributed by atoms with E-state index >= 15 is 0 Å². The monoisotopic (exact) mass is 710 g/mol. The number of rotatable bonds is 6. The lowest BCUT2D eigenvalue weighted by Gasteiger charge is -2.30. The van der Waals surface area contributed by atoms with Crippen LogP contribution in [0.5, 0.6) is 0 Å². The molecule has 1 aromatic carbocycles. The van der Waals surface area contributed by atoms with Crippen LogP contribution in [0.2, 0.25) is 0 Å². The third-order valence-corrected chi connectivity index (χ3v) is 10.3. The summed E-state index contributed by atoms with van der Waals surface area (Å²) in [6.45, 7) is 2.08. The van der Waals surface area contributed by atoms with Crippen LogP contribution in [0.15, 0.2) is 47.1 Å². The van der Waals surface area contributed by atoms with Gasteiger partial charge < -0.3 is 25.0 Å². The molecule has 0 bridgehead atoms. The van der Waals surface area contributed by atoms with Gasteiger partial charge in [-0.05, 0) is 74.2 Å². The highest BCUT2D eigenvalue weighted by molar-refractivity contribution is 9.10. The van der Waals surface area contributed by atoms with Crippen LogP contribution >= 0.6 is 15.9 Å². The number of nitrogens with one attached hydrogen (secondary N) is 2. The summed E-state index contributed by atoms with van der Waals surface area (Å²) in [6, 6.07) is 7.41. The van der Waals surface area contributed by atoms with E-state index in [1.54, 1.807) is 11.7 Å². The van der Waals surface area contributed by atoms with E-state index in [9.17, 15) is 19.2 Å². The van der Waals surface area contributed by atoms with E-state index in [0.717, 1.165) is 50.5 Å². The molecular weight excluding hydrogens is 668 g/mol. The molecule has 4 aliphatic rings. The van der Waals surface area contributed by atoms with Gasteiger partial charge in [-0.2, -0.15) is 9.90 Å². The number of hydrogen-bond donors (Lipinski definition) is 2. The molecule has 47 heavy (non-hydrogen) atoms. The average Bonchev–Trinajstić information content (AvgIpc) is 3.47. The summed E-state index contributed by atoms with van der Waals surface area (Å²) in [6.07, 6.45) is 11.3. The van der Waals surface area contributed by atoms with Gasteiger partial charge in [0.1, 0.15) is 29.4 Å². The zero-order valence-corrected chi connectivity index (χ0v) is 28.3. The number of benzene rings is 1. The first-order valence-corrected chi connectivity index (χ1v) is 17.7. The summed E-state index contributed by atoms with van der Waals surface area (Å²) in [5.41, 5.74) is 0.350. The number of allylic oxidation sites excluding steroid dienone is 1. The minimum atomic E-state index is -1.17. The average molecular weight is 712 g/mol. The molecule has 0 spiro atoms. The van der Waals surface area contributed by atoms with Crippen LogP contribution in [-0.4, -0.2) is 80.6 Å². The molecule has 3 amide bonds. The minimum absolute atomic E-state index is 0.150. The van der Waals surface area contributed by atoms with Crippen LogP contribution in [0.1, 0.15) is 83.6 Å². The fourth-order valence-corrected chi connectivity index (χ4v) is 7.54. The van der Waals surface area contributed by atoms with Crippen LogP contribution in [0.25, 0.3) is 11.3 Å². The zero-order chi connectivity index (χ0) is 33.0. The largest absolute Gasteiger partial charge is 0.464 e. The highest BCUT2D eigenvalue weighted by Crippen LogP contribution is 2.46. The van der Waals surface area contributed by atoms with Crippen molar-refractivity contribution in [3.8, 4) is 11.3 Å². The topological polar surface area (TPSA) is 145 Å². The molecule has 2 N–H and O–H groups in total. The predicted octanol–water partition coefficient (Wildman–Crippen LogP) is 4.85. The van der Waals surface area contributed by atoms with Crippen molar-refractivity contribution < 1.29 is 28.7 Å². The quantitative estimate of drug-likeness (QED) is 0.320. The van der Waals surface area contributed by atoms with Crippen LogP contribution < -0.4 is 10.6 Å². The number of aromatic nitrogens is 3. The maximum Gasteiger partial charge on any atom is 0.408 e. The standard InChI is InChI=1S/C34H43BrN6O6/c1-2-46-32(44)34-20-23(34)15-9-4-3-5-10-18-26(36-33(45)47-25-16-11-12-17-25)31(43)40-21-24(19-27(40)30(42)37-34)41-38-28(29(35)39-41)22-13-7-6-8-14-22/h6-9,13-15,23-27H,2-5,10-12,16-21H2,1H3,(H,36,45)(H,37,42)/b15-9-/t23-,24-,26+,27+,34-/m1/s1. The highest BCUT2D eigenvalue weighted by atomic mass is 79.9. The van der Waals surface area contributed by atoms with Crippen molar-refractivity contribution in [1.82, 2.24) is 30.5 Å². The Bertz CT molecular complexity index is 1490. The van der Waals surface area contributed by atoms with Crippen molar-refractivity contribution >= 4 is 39.8 Å². The van der Waals surface area contributed by atoms with Gasteiger partial charge in [-0.1, -0.05) is 55.3 Å². The molecule has 3 fully saturated rings. The Morgan fingerprint density at radius 3 is 2.60 bits per heavy atom. The summed E-state index contributed by atoms with van der Waals surface area (Å²) in [7, 11) is 0. The predicted molar refractivity (Wildman–Crippen MR) is 176 cm³/mol. The summed E-state index contributed by atoms with van der Waals surface area (Å²) >= 11 is 3.54. The van der Waals surface area contributed by atoms with Crippen LogP contribution in [0.4, 0.5) is 4.79 Å². The molecule has 1 saturated heterocycles. The molecule has 2 aliphatic heterocycles. The van der Waals surface area contributed by atoms with E-state index in [0.29, 0.717) is 29.6 Å². The number of amides is 3. The van der Waals surface area contributed by atoms with Crippen molar-refractivity contribution in [3.63, 3.8) is 0 Å². The maximum atomic E-state index is 14.4. The van der Waals surface area contributed by atoms with Crippen LogP contribution in [0, 0.1) is 5.92 Å². The Morgan fingerprint density at radius 2 is 1.83 bits per heavy atom. The number of hydrogen-bond acceptors (Lipinski definition) is 8. The summed E-state index contributed by atoms with van der Waals surface area (Å²) in [4.78, 5) is 57.8. The van der Waals surface area contributed by atoms with Gasteiger partial charge in [0.15, 0.2) is 4.60 Å². The number of carbonyl (C=O) groups excluding carboxylic acids is 4. The van der Waals surface area contributed by atoms with Crippen molar-refractivity contribution in [2.75, 3.05) is 13.2 Å². The smallest absolute Gasteiger partial charge is 0.408 e. The lowest BCUT2D eigenvalue weighted by molar-refractivity contribution is -0.150. The number of carbonyl (C=O) groups is 4. The fraction of sp³-hybridized carbons (Fsp3) is 0.588. The molecule has 13 heteroatoms. The summed E-state index contributed by atoms with van der Waals surface area (Å²) < 4.78 is 11.6. The van der Waals surface area contributed by atoms with Crippen molar-refractivity contribution in [2.24, 2.45) is 5.92 Å². The van der Waals surface area contributed by atoms with E-state index in [2.05, 4.69) is 37.7 Å². The Morgan fingerprint density at radius 1 is 1.06 bits per heavy atom. The van der Waals surface area contributed by atoms with Gasteiger partial charge in [0.05, 0.1) is 12.6 Å². The number of nitrogens with zero attached hydrogens (tertiary/aromatic N) is 4. The maximum absolute atomic E-state index is 14.4. The molecule has 12 nitrogen and oxygen atoms in total. The lowest BCUT2D eigenvalue weighted by Crippen LogP contribution is -2.56. The Hall–Kier alpha value is -3.74. The van der Waals surface area contributed by atoms with Gasteiger partial charge in [0, 0.05) is 24.4 Å². The molecule has 252 valence electrons. The van der Waals surface area contributed by atoms with Gasteiger partial charge >= 0.3 is 12.1 Å². The minimum Gasteiger partial charge on any atom is -0.464 e. The number of halogens is 1. The van der Waals surface area contributed by atoms with Gasteiger partial charge in [0.25, 0.3) is 0 Å². The molecule has 3 heterocycles. The van der Waals surface area contributed by atoms with Crippen molar-refractivity contribution in [3.05, 3.63) is 47.1 Å². The second-order valence-electron chi connectivity index (χ2n) is 13.0. The highest BCUT2D eigenvalue weighted by Gasteiger charge is 2.62. The molecule has 2 aliphatic carbocycles. The van der Waals surface area contributed by atoms with E-state index in [-0.39, 0.29) is 37.5 Å². The molecular formula is C34H43BrN6O6. The molecule has 2 aromatic rings. The SMILES string of the molecule is CCOC(=O)[C@@]12C[C@H]1/C=C\CCCCC[C@H](NC(=O)OC1CCCC1)C(=O)N1C[C@H](n3nc(Br)c(-c4ccccc4)n3)C[C@H]1C(=O)N2. The van der Waals surface area contributed by atoms with E-state index in [1.165, 1.54) is 4.90 Å². The fourth-order valence-electron chi connectivity index (χ4n) is 7.06. The Balaban J connectivity index is 1.29. The van der Waals surface area contributed by atoms with Gasteiger partial charge in [0.2, 0.25) is 11.8 Å². The van der Waals surface area contributed by atoms with E-state index in [4.69, 9.17) is 14.6 Å². The second kappa shape index (κ2) is 14.6. The van der Waals surface area contributed by atoms with Crippen LogP contribution in [0.3, 0.4) is 0 Å². The van der Waals surface area contributed by atoms with Crippen LogP contribution in [-0.2, 0) is 23.9 Å². The number of alkyl carbamates (subject to hydrolysis) is 1. The van der Waals surface area contributed by atoms with Crippen molar-refractivity contribution in [1.29, 1.82) is 0 Å². The molecule has 6 rings (SSSR count). The molecule has 0 radical (unpaired) electrons. The lowest BCUT2D eigenvalue weighted by atomic mass is 10.0. The third-order valence-electron chi connectivity index (χ3n) is 9.73. The first kappa shape index (κ1) is 33.2. The van der Waals surface area contributed by atoms with Gasteiger partial charge in [-0.25, -0.2) is 9.59 Å². The molecule has 5 atom stereocenters. The first-order chi connectivity index (χ1) is 22.8. The van der Waals surface area contributed by atoms with Gasteiger partial charge in [-0.15, -0.1) is 5.10 Å². The Kier molecular flexibility index (Phi) is 10.3. The molecule has 1 aromatic heterocycles. The number of esters is 1. The normalized spacial score (nSPS) is 29.1. The third kappa shape index (κ3) is 7.39. The molecule has 2 saturated carbocycles. The molecule has 0 unspecified atom stereocenters. The number of fused-ring (bicyclic) bond motifs is 2. The summed E-state index contributed by atoms with van der Waals surface area (Å²) in [5.74, 6) is -1.47. The first-order valence-electron chi connectivity index (χ1n) is 16.9.